The predicted molar refractivity (Wildman–Crippen MR) is 73.7 cm³/mol. The molecule has 0 fully saturated rings. The van der Waals surface area contributed by atoms with E-state index in [1.807, 2.05) is 0 Å². The van der Waals surface area contributed by atoms with Crippen LogP contribution in [0.2, 0.25) is 0 Å². The molecule has 0 unspecified atom stereocenters. The molecule has 0 atom stereocenters. The van der Waals surface area contributed by atoms with Crippen molar-refractivity contribution in [2.45, 2.75) is 25.6 Å². The van der Waals surface area contributed by atoms with Gasteiger partial charge in [0.05, 0.1) is 11.8 Å². The lowest BCUT2D eigenvalue weighted by Crippen LogP contribution is -2.10. The monoisotopic (exact) mass is 342 g/mol. The summed E-state index contributed by atoms with van der Waals surface area (Å²) < 4.78 is 50.1. The third kappa shape index (κ3) is 3.48. The number of furan rings is 1. The van der Waals surface area contributed by atoms with Crippen LogP contribution in [0.5, 0.6) is 0 Å². The van der Waals surface area contributed by atoms with Gasteiger partial charge in [-0.25, -0.2) is 0 Å². The molecule has 0 aliphatic rings. The number of aliphatic hydroxyl groups is 1. The molecule has 24 heavy (non-hydrogen) atoms. The van der Waals surface area contributed by atoms with Crippen molar-refractivity contribution in [1.82, 2.24) is 19.9 Å². The Morgan fingerprint density at radius 2 is 2.12 bits per heavy atom. The lowest BCUT2D eigenvalue weighted by Gasteiger charge is -2.04. The first-order valence-corrected chi connectivity index (χ1v) is 7.07. The van der Waals surface area contributed by atoms with E-state index < -0.39 is 11.9 Å². The maximum absolute atomic E-state index is 13.0. The van der Waals surface area contributed by atoms with Crippen LogP contribution in [0, 0.1) is 0 Å². The number of rotatable bonds is 6. The zero-order valence-electron chi connectivity index (χ0n) is 12.3. The van der Waals surface area contributed by atoms with E-state index in [2.05, 4.69) is 15.2 Å². The van der Waals surface area contributed by atoms with Crippen LogP contribution in [0.1, 0.15) is 23.5 Å². The number of aromatic nitrogens is 4. The Bertz CT molecular complexity index is 793. The van der Waals surface area contributed by atoms with E-state index in [0.717, 1.165) is 4.68 Å². The lowest BCUT2D eigenvalue weighted by molar-refractivity contribution is -0.142. The van der Waals surface area contributed by atoms with Crippen molar-refractivity contribution in [2.24, 2.45) is 0 Å². The average Bonchev–Trinajstić information content (AvgIpc) is 3.24. The molecule has 0 aromatic carbocycles. The Hall–Kier alpha value is -2.62. The van der Waals surface area contributed by atoms with Gasteiger partial charge in [-0.1, -0.05) is 5.16 Å². The molecular formula is C14H13F3N4O3. The normalized spacial score (nSPS) is 12.0. The third-order valence-electron chi connectivity index (χ3n) is 3.25. The molecule has 1 N–H and O–H groups in total. The van der Waals surface area contributed by atoms with Crippen LogP contribution in [0.3, 0.4) is 0 Å². The molecule has 0 aliphatic heterocycles. The summed E-state index contributed by atoms with van der Waals surface area (Å²) in [5, 5.41) is 16.1. The third-order valence-corrected chi connectivity index (χ3v) is 3.25. The van der Waals surface area contributed by atoms with Crippen molar-refractivity contribution < 1.29 is 27.2 Å². The van der Waals surface area contributed by atoms with Crippen molar-refractivity contribution in [3.8, 4) is 11.5 Å². The van der Waals surface area contributed by atoms with Crippen LogP contribution in [0.25, 0.3) is 11.5 Å². The van der Waals surface area contributed by atoms with Crippen LogP contribution in [-0.4, -0.2) is 31.6 Å². The van der Waals surface area contributed by atoms with Crippen LogP contribution in [-0.2, 0) is 19.1 Å². The minimum Gasteiger partial charge on any atom is -0.472 e. The second-order valence-corrected chi connectivity index (χ2v) is 5.05. The lowest BCUT2D eigenvalue weighted by atomic mass is 10.1. The Balaban J connectivity index is 1.81. The second-order valence-electron chi connectivity index (χ2n) is 5.05. The zero-order valence-corrected chi connectivity index (χ0v) is 12.3. The summed E-state index contributed by atoms with van der Waals surface area (Å²) in [5.41, 5.74) is -0.363. The van der Waals surface area contributed by atoms with Gasteiger partial charge in [0.2, 0.25) is 0 Å². The molecule has 0 aliphatic carbocycles. The van der Waals surface area contributed by atoms with E-state index in [1.165, 1.54) is 18.7 Å². The average molecular weight is 342 g/mol. The maximum Gasteiger partial charge on any atom is 0.435 e. The van der Waals surface area contributed by atoms with Crippen LogP contribution in [0.4, 0.5) is 13.2 Å². The summed E-state index contributed by atoms with van der Waals surface area (Å²) >= 11 is 0. The summed E-state index contributed by atoms with van der Waals surface area (Å²) in [5.74, 6) is 0.401. The first kappa shape index (κ1) is 16.2. The van der Waals surface area contributed by atoms with Gasteiger partial charge in [-0.15, -0.1) is 0 Å². The smallest absolute Gasteiger partial charge is 0.435 e. The molecule has 3 aromatic rings. The molecule has 0 saturated carbocycles. The van der Waals surface area contributed by atoms with Gasteiger partial charge in [0.25, 0.3) is 5.89 Å². The fourth-order valence-corrected chi connectivity index (χ4v) is 2.20. The highest BCUT2D eigenvalue weighted by Gasteiger charge is 2.37. The minimum atomic E-state index is -4.56. The highest BCUT2D eigenvalue weighted by atomic mass is 19.4. The molecule has 3 rings (SSSR count). The van der Waals surface area contributed by atoms with Gasteiger partial charge >= 0.3 is 6.18 Å². The van der Waals surface area contributed by atoms with Gasteiger partial charge in [0, 0.05) is 18.4 Å². The summed E-state index contributed by atoms with van der Waals surface area (Å²) in [4.78, 5) is 4.09. The van der Waals surface area contributed by atoms with Gasteiger partial charge in [-0.05, 0) is 18.9 Å². The molecule has 7 nitrogen and oxygen atoms in total. The summed E-state index contributed by atoms with van der Waals surface area (Å²) in [6, 6.07) is 1.62. The summed E-state index contributed by atoms with van der Waals surface area (Å²) in [6.07, 6.45) is -0.114. The van der Waals surface area contributed by atoms with Gasteiger partial charge in [0.15, 0.2) is 11.5 Å². The molecule has 0 amide bonds. The van der Waals surface area contributed by atoms with Gasteiger partial charge < -0.3 is 14.0 Å². The van der Waals surface area contributed by atoms with Crippen LogP contribution in [0.15, 0.2) is 33.7 Å². The number of halogens is 3. The molecule has 128 valence electrons. The molecule has 0 spiro atoms. The van der Waals surface area contributed by atoms with E-state index in [4.69, 9.17) is 14.0 Å². The Labute approximate surface area is 133 Å². The van der Waals surface area contributed by atoms with Crippen molar-refractivity contribution in [3.63, 3.8) is 0 Å². The first-order chi connectivity index (χ1) is 11.5. The quantitative estimate of drug-likeness (QED) is 0.740. The Kier molecular flexibility index (Phi) is 4.38. The fourth-order valence-electron chi connectivity index (χ4n) is 2.20. The first-order valence-electron chi connectivity index (χ1n) is 7.07. The van der Waals surface area contributed by atoms with E-state index in [1.54, 1.807) is 6.07 Å². The molecule has 3 aromatic heterocycles. The molecule has 0 bridgehead atoms. The van der Waals surface area contributed by atoms with Crippen molar-refractivity contribution in [1.29, 1.82) is 0 Å². The molecule has 10 heteroatoms. The van der Waals surface area contributed by atoms with Gasteiger partial charge in [-0.3, -0.25) is 4.68 Å². The Morgan fingerprint density at radius 3 is 2.79 bits per heavy atom. The van der Waals surface area contributed by atoms with Crippen molar-refractivity contribution in [2.75, 3.05) is 6.61 Å². The SMILES string of the molecule is OCCCc1cn(Cc2noc(-c3ccoc3)n2)nc1C(F)(F)F. The number of nitrogens with zero attached hydrogens (tertiary/aromatic N) is 4. The largest absolute Gasteiger partial charge is 0.472 e. The fraction of sp³-hybridized carbons (Fsp3) is 0.357. The van der Waals surface area contributed by atoms with Gasteiger partial charge in [-0.2, -0.15) is 23.3 Å². The Morgan fingerprint density at radius 1 is 1.29 bits per heavy atom. The number of alkyl halides is 3. The van der Waals surface area contributed by atoms with Gasteiger partial charge in [0.1, 0.15) is 12.8 Å². The highest BCUT2D eigenvalue weighted by Crippen LogP contribution is 2.31. The van der Waals surface area contributed by atoms with E-state index in [9.17, 15) is 13.2 Å². The number of aliphatic hydroxyl groups excluding tert-OH is 1. The second kappa shape index (κ2) is 6.48. The summed E-state index contributed by atoms with van der Waals surface area (Å²) in [7, 11) is 0. The zero-order chi connectivity index (χ0) is 17.2. The molecule has 0 saturated heterocycles. The number of aryl methyl sites for hydroxylation is 1. The van der Waals surface area contributed by atoms with E-state index >= 15 is 0 Å². The van der Waals surface area contributed by atoms with Crippen molar-refractivity contribution >= 4 is 0 Å². The molecular weight excluding hydrogens is 329 g/mol. The van der Waals surface area contributed by atoms with E-state index in [-0.39, 0.29) is 43.3 Å². The van der Waals surface area contributed by atoms with E-state index in [0.29, 0.717) is 5.56 Å². The molecule has 0 radical (unpaired) electrons. The number of hydrogen-bond donors (Lipinski definition) is 1. The minimum absolute atomic E-state index is 0.0232. The summed E-state index contributed by atoms with van der Waals surface area (Å²) in [6.45, 7) is -0.259. The molecule has 3 heterocycles. The maximum atomic E-state index is 13.0. The predicted octanol–water partition coefficient (Wildman–Crippen LogP) is 2.52. The number of hydrogen-bond acceptors (Lipinski definition) is 6. The topological polar surface area (TPSA) is 90.1 Å². The van der Waals surface area contributed by atoms with Crippen LogP contribution >= 0.6 is 0 Å². The highest BCUT2D eigenvalue weighted by molar-refractivity contribution is 5.49. The van der Waals surface area contributed by atoms with Crippen LogP contribution < -0.4 is 0 Å². The van der Waals surface area contributed by atoms with Crippen molar-refractivity contribution in [3.05, 3.63) is 41.9 Å². The standard InChI is InChI=1S/C14H13F3N4O3/c15-14(16,17)12-9(2-1-4-22)6-21(19-12)7-11-18-13(24-20-11)10-3-5-23-8-10/h3,5-6,8,22H,1-2,4,7H2.